The maximum absolute atomic E-state index is 12.7. The van der Waals surface area contributed by atoms with Gasteiger partial charge in [-0.3, -0.25) is 19.8 Å². The number of aromatic nitrogens is 3. The summed E-state index contributed by atoms with van der Waals surface area (Å²) in [4.78, 5) is 31.3. The highest BCUT2D eigenvalue weighted by atomic mass is 32.2. The number of ether oxygens (including phenoxy) is 1. The lowest BCUT2D eigenvalue weighted by Crippen LogP contribution is -2.30. The van der Waals surface area contributed by atoms with Crippen LogP contribution < -0.4 is 15.0 Å². The van der Waals surface area contributed by atoms with E-state index in [0.717, 1.165) is 28.9 Å². The number of anilines is 2. The molecule has 44 heavy (non-hydrogen) atoms. The van der Waals surface area contributed by atoms with Crippen molar-refractivity contribution in [3.05, 3.63) is 89.5 Å². The zero-order valence-corrected chi connectivity index (χ0v) is 24.6. The molecule has 2 amide bonds. The maximum Gasteiger partial charge on any atom is 0.573 e. The second-order valence-corrected chi connectivity index (χ2v) is 10.8. The number of hydrogen-bond acceptors (Lipinski definition) is 8. The van der Waals surface area contributed by atoms with E-state index >= 15 is 0 Å². The summed E-state index contributed by atoms with van der Waals surface area (Å²) >= 11 is 1.33. The summed E-state index contributed by atoms with van der Waals surface area (Å²) in [6, 6.07) is 19.5. The summed E-state index contributed by atoms with van der Waals surface area (Å²) in [5.41, 5.74) is 3.40. The fourth-order valence-electron chi connectivity index (χ4n) is 4.31. The van der Waals surface area contributed by atoms with Crippen LogP contribution in [0.15, 0.2) is 83.0 Å². The fraction of sp³-hybridized carbons (Fsp3) is 0.200. The van der Waals surface area contributed by atoms with Gasteiger partial charge in [0.25, 0.3) is 5.91 Å². The predicted octanol–water partition coefficient (Wildman–Crippen LogP) is 6.23. The molecule has 0 spiro atoms. The lowest BCUT2D eigenvalue weighted by molar-refractivity contribution is -0.274. The quantitative estimate of drug-likeness (QED) is 0.184. The number of amidine groups is 1. The molecule has 226 valence electrons. The molecule has 1 aliphatic heterocycles. The Morgan fingerprint density at radius 1 is 1.07 bits per heavy atom. The number of halogens is 3. The molecule has 1 N–H and O–H groups in total. The third-order valence-electron chi connectivity index (χ3n) is 6.42. The normalized spacial score (nSPS) is 14.7. The maximum atomic E-state index is 12.7. The van der Waals surface area contributed by atoms with Crippen molar-refractivity contribution in [1.82, 2.24) is 14.8 Å². The molecule has 1 aliphatic rings. The van der Waals surface area contributed by atoms with Crippen LogP contribution in [0.25, 0.3) is 11.4 Å². The summed E-state index contributed by atoms with van der Waals surface area (Å²) in [5, 5.41) is 16.0. The van der Waals surface area contributed by atoms with Gasteiger partial charge in [0, 0.05) is 18.2 Å². The molecular formula is C30H26F3N7O3S. The number of para-hydroxylation sites is 1. The van der Waals surface area contributed by atoms with E-state index in [-0.39, 0.29) is 29.1 Å². The number of benzene rings is 3. The first-order valence-corrected chi connectivity index (χ1v) is 14.3. The van der Waals surface area contributed by atoms with Crippen molar-refractivity contribution in [3.63, 3.8) is 0 Å². The molecule has 1 aromatic heterocycles. The Morgan fingerprint density at radius 3 is 2.45 bits per heavy atom. The number of thioether (sulfide) groups is 1. The minimum atomic E-state index is -4.82. The molecule has 14 heteroatoms. The van der Waals surface area contributed by atoms with Crippen LogP contribution in [0.5, 0.6) is 5.75 Å². The average Bonchev–Trinajstić information content (AvgIpc) is 3.54. The Labute approximate surface area is 254 Å². The first kappa shape index (κ1) is 30.5. The van der Waals surface area contributed by atoms with Crippen molar-refractivity contribution < 1.29 is 27.5 Å². The van der Waals surface area contributed by atoms with Crippen molar-refractivity contribution in [2.75, 3.05) is 16.0 Å². The Hall–Kier alpha value is -4.98. The molecule has 2 heterocycles. The van der Waals surface area contributed by atoms with Crippen LogP contribution in [-0.2, 0) is 11.8 Å². The number of rotatable bonds is 8. The van der Waals surface area contributed by atoms with Gasteiger partial charge in [0.05, 0.1) is 17.7 Å². The van der Waals surface area contributed by atoms with E-state index in [2.05, 4.69) is 44.2 Å². The highest BCUT2D eigenvalue weighted by Crippen LogP contribution is 2.33. The molecule has 0 atom stereocenters. The summed E-state index contributed by atoms with van der Waals surface area (Å²) in [6.45, 7) is 4.15. The summed E-state index contributed by atoms with van der Waals surface area (Å²) < 4.78 is 42.3. The standard InChI is InChI=1S/C30H26F3N7O3S/c1-18(2)23-6-4-5-7-24(23)40-25(41)17-44-29(40)37-34-16-19-8-10-20(11-9-19)26-35-28(39(3)38-26)36-27(42)21-12-14-22(15-13-21)43-30(31,32)33/h4-16,18H,17H2,1-3H3,(H,35,36,38,42)/b34-16+,37-29-. The van der Waals surface area contributed by atoms with Gasteiger partial charge < -0.3 is 4.74 Å². The van der Waals surface area contributed by atoms with E-state index in [1.165, 1.54) is 28.6 Å². The van der Waals surface area contributed by atoms with E-state index < -0.39 is 18.0 Å². The average molecular weight is 622 g/mol. The van der Waals surface area contributed by atoms with E-state index in [9.17, 15) is 22.8 Å². The molecule has 0 aliphatic carbocycles. The summed E-state index contributed by atoms with van der Waals surface area (Å²) in [6.07, 6.45) is -3.24. The number of nitrogens with zero attached hydrogens (tertiary/aromatic N) is 6. The smallest absolute Gasteiger partial charge is 0.406 e. The van der Waals surface area contributed by atoms with Crippen molar-refractivity contribution in [3.8, 4) is 17.1 Å². The van der Waals surface area contributed by atoms with E-state index in [4.69, 9.17) is 0 Å². The highest BCUT2D eigenvalue weighted by Gasteiger charge is 2.32. The van der Waals surface area contributed by atoms with Gasteiger partial charge in [-0.15, -0.1) is 23.4 Å². The molecule has 0 unspecified atom stereocenters. The van der Waals surface area contributed by atoms with E-state index in [0.29, 0.717) is 16.6 Å². The number of aryl methyl sites for hydroxylation is 1. The van der Waals surface area contributed by atoms with Crippen LogP contribution in [0.2, 0.25) is 0 Å². The van der Waals surface area contributed by atoms with Crippen molar-refractivity contribution in [1.29, 1.82) is 0 Å². The minimum Gasteiger partial charge on any atom is -0.406 e. The van der Waals surface area contributed by atoms with Crippen LogP contribution >= 0.6 is 11.8 Å². The number of carbonyl (C=O) groups excluding carboxylic acids is 2. The lowest BCUT2D eigenvalue weighted by atomic mass is 10.0. The van der Waals surface area contributed by atoms with Crippen molar-refractivity contribution in [2.24, 2.45) is 17.3 Å². The SMILES string of the molecule is CC(C)c1ccccc1N1C(=O)CS/C1=N\N=C\c1ccc(-c2nc(NC(=O)c3ccc(OC(F)(F)F)cc3)n(C)n2)cc1. The van der Waals surface area contributed by atoms with Gasteiger partial charge in [-0.1, -0.05) is 68.1 Å². The van der Waals surface area contributed by atoms with Crippen LogP contribution in [0.1, 0.15) is 41.3 Å². The number of carbonyl (C=O) groups is 2. The van der Waals surface area contributed by atoms with Gasteiger partial charge in [0.1, 0.15) is 5.75 Å². The monoisotopic (exact) mass is 621 g/mol. The largest absolute Gasteiger partial charge is 0.573 e. The molecule has 1 fully saturated rings. The third-order valence-corrected chi connectivity index (χ3v) is 7.34. The molecule has 0 radical (unpaired) electrons. The lowest BCUT2D eigenvalue weighted by Gasteiger charge is -2.20. The van der Waals surface area contributed by atoms with Gasteiger partial charge in [0.2, 0.25) is 11.9 Å². The number of alkyl halides is 3. The minimum absolute atomic E-state index is 0.0479. The van der Waals surface area contributed by atoms with Gasteiger partial charge in [0.15, 0.2) is 11.0 Å². The molecule has 5 rings (SSSR count). The van der Waals surface area contributed by atoms with E-state index in [1.54, 1.807) is 42.4 Å². The molecule has 10 nitrogen and oxygen atoms in total. The van der Waals surface area contributed by atoms with Gasteiger partial charge in [-0.05, 0) is 47.4 Å². The Morgan fingerprint density at radius 2 is 1.77 bits per heavy atom. The molecule has 3 aromatic carbocycles. The first-order chi connectivity index (χ1) is 21.0. The fourth-order valence-corrected chi connectivity index (χ4v) is 5.13. The van der Waals surface area contributed by atoms with Crippen molar-refractivity contribution in [2.45, 2.75) is 26.1 Å². The zero-order chi connectivity index (χ0) is 31.4. The Bertz CT molecular complexity index is 1730. The zero-order valence-electron chi connectivity index (χ0n) is 23.7. The Balaban J connectivity index is 1.25. The summed E-state index contributed by atoms with van der Waals surface area (Å²) in [5.74, 6) is -0.0391. The first-order valence-electron chi connectivity index (χ1n) is 13.3. The second-order valence-electron chi connectivity index (χ2n) is 9.89. The highest BCUT2D eigenvalue weighted by molar-refractivity contribution is 8.15. The van der Waals surface area contributed by atoms with Gasteiger partial charge in [-0.25, -0.2) is 4.68 Å². The Kier molecular flexibility index (Phi) is 8.81. The summed E-state index contributed by atoms with van der Waals surface area (Å²) in [7, 11) is 1.60. The van der Waals surface area contributed by atoms with Crippen LogP contribution in [-0.4, -0.2) is 50.1 Å². The number of hydrogen-bond donors (Lipinski definition) is 1. The third kappa shape index (κ3) is 7.14. The molecule has 1 saturated heterocycles. The van der Waals surface area contributed by atoms with Gasteiger partial charge in [-0.2, -0.15) is 10.1 Å². The molecular weight excluding hydrogens is 595 g/mol. The molecule has 0 saturated carbocycles. The van der Waals surface area contributed by atoms with Crippen LogP contribution in [0.4, 0.5) is 24.8 Å². The topological polar surface area (TPSA) is 114 Å². The molecule has 4 aromatic rings. The predicted molar refractivity (Wildman–Crippen MR) is 163 cm³/mol. The van der Waals surface area contributed by atoms with Crippen LogP contribution in [0, 0.1) is 0 Å². The molecule has 0 bridgehead atoms. The number of nitrogens with one attached hydrogen (secondary N) is 1. The van der Waals surface area contributed by atoms with E-state index in [1.807, 2.05) is 24.3 Å². The second kappa shape index (κ2) is 12.7. The van der Waals surface area contributed by atoms with Crippen LogP contribution in [0.3, 0.4) is 0 Å². The van der Waals surface area contributed by atoms with Crippen molar-refractivity contribution >= 4 is 46.6 Å². The van der Waals surface area contributed by atoms with Gasteiger partial charge >= 0.3 is 6.36 Å². The number of amides is 2.